The molecule has 0 fully saturated rings. The molecule has 0 aliphatic carbocycles. The third kappa shape index (κ3) is 1.52. The van der Waals surface area contributed by atoms with Gasteiger partial charge in [0.25, 0.3) is 0 Å². The zero-order chi connectivity index (χ0) is 5.11. The summed E-state index contributed by atoms with van der Waals surface area (Å²) < 4.78 is 1.18. The van der Waals surface area contributed by atoms with Crippen LogP contribution < -0.4 is 3.40 Å². The minimum atomic E-state index is 1.18. The number of pyridine rings is 1. The molecule has 0 atom stereocenters. The molecular formula is C5H4BiN. The van der Waals surface area contributed by atoms with Crippen LogP contribution in [0.2, 0.25) is 0 Å². The molecule has 7 heavy (non-hydrogen) atoms. The van der Waals surface area contributed by atoms with Gasteiger partial charge in [0, 0.05) is 0 Å². The van der Waals surface area contributed by atoms with Crippen LogP contribution in [0.4, 0.5) is 0 Å². The Morgan fingerprint density at radius 1 is 1.43 bits per heavy atom. The Balaban J connectivity index is 3.02. The van der Waals surface area contributed by atoms with Crippen molar-refractivity contribution in [2.75, 3.05) is 0 Å². The maximum atomic E-state index is 4.03. The first kappa shape index (κ1) is 5.18. The van der Waals surface area contributed by atoms with Crippen molar-refractivity contribution in [1.29, 1.82) is 0 Å². The molecule has 0 bridgehead atoms. The summed E-state index contributed by atoms with van der Waals surface area (Å²) in [5.41, 5.74) is 0. The fourth-order valence-electron chi connectivity index (χ4n) is 0.354. The van der Waals surface area contributed by atoms with Gasteiger partial charge in [-0.25, -0.2) is 0 Å². The minimum absolute atomic E-state index is 1.18. The molecular weight excluding hydrogens is 283 g/mol. The van der Waals surface area contributed by atoms with Crippen LogP contribution in [0.3, 0.4) is 0 Å². The van der Waals surface area contributed by atoms with E-state index in [-0.39, 0.29) is 0 Å². The van der Waals surface area contributed by atoms with E-state index >= 15 is 0 Å². The van der Waals surface area contributed by atoms with Crippen LogP contribution in [0.5, 0.6) is 0 Å². The molecule has 1 rings (SSSR count). The van der Waals surface area contributed by atoms with Gasteiger partial charge in [0.2, 0.25) is 0 Å². The zero-order valence-electron chi connectivity index (χ0n) is 3.70. The first-order chi connectivity index (χ1) is 3.39. The van der Waals surface area contributed by atoms with Crippen molar-refractivity contribution in [1.82, 2.24) is 4.98 Å². The molecule has 0 saturated carbocycles. The Labute approximate surface area is 57.6 Å². The average molecular weight is 287 g/mol. The van der Waals surface area contributed by atoms with E-state index in [1.807, 2.05) is 24.4 Å². The molecule has 34 valence electrons. The molecule has 0 amide bonds. The average Bonchev–Trinajstić information content (AvgIpc) is 1.69. The van der Waals surface area contributed by atoms with E-state index in [0.29, 0.717) is 0 Å². The Hall–Kier alpha value is 0.0331. The van der Waals surface area contributed by atoms with Crippen molar-refractivity contribution in [2.45, 2.75) is 0 Å². The predicted octanol–water partition coefficient (Wildman–Crippen LogP) is -0.125. The van der Waals surface area contributed by atoms with Crippen LogP contribution in [-0.2, 0) is 0 Å². The van der Waals surface area contributed by atoms with E-state index in [2.05, 4.69) is 4.98 Å². The standard InChI is InChI=1S/C5H4N.Bi/c1-2-4-6-5-3-1;/h1-4H;. The molecule has 0 aliphatic rings. The van der Waals surface area contributed by atoms with Gasteiger partial charge in [0.05, 0.1) is 0 Å². The Kier molecular flexibility index (Phi) is 1.75. The molecule has 1 aromatic rings. The summed E-state index contributed by atoms with van der Waals surface area (Å²) in [4.78, 5) is 4.03. The molecule has 0 aromatic carbocycles. The number of hydrogen-bond acceptors (Lipinski definition) is 1. The predicted molar refractivity (Wildman–Crippen MR) is 29.6 cm³/mol. The molecule has 0 spiro atoms. The Bertz CT molecular complexity index is 138. The van der Waals surface area contributed by atoms with E-state index in [9.17, 15) is 0 Å². The van der Waals surface area contributed by atoms with Gasteiger partial charge >= 0.3 is 57.5 Å². The summed E-state index contributed by atoms with van der Waals surface area (Å²) in [6, 6.07) is 5.95. The van der Waals surface area contributed by atoms with Crippen molar-refractivity contribution >= 4 is 28.1 Å². The third-order valence-corrected chi connectivity index (χ3v) is 1.68. The van der Waals surface area contributed by atoms with Gasteiger partial charge in [-0.15, -0.1) is 0 Å². The summed E-state index contributed by atoms with van der Waals surface area (Å²) in [7, 11) is 0. The first-order valence-corrected chi connectivity index (χ1v) is 3.73. The second kappa shape index (κ2) is 2.37. The van der Waals surface area contributed by atoms with E-state index in [1.165, 1.54) is 28.1 Å². The topological polar surface area (TPSA) is 12.9 Å². The Morgan fingerprint density at radius 2 is 2.29 bits per heavy atom. The van der Waals surface area contributed by atoms with Gasteiger partial charge in [-0.05, 0) is 0 Å². The van der Waals surface area contributed by atoms with Crippen LogP contribution in [0.15, 0.2) is 24.4 Å². The van der Waals surface area contributed by atoms with Crippen molar-refractivity contribution in [3.63, 3.8) is 0 Å². The number of rotatable bonds is 0. The number of hydrogen-bond donors (Lipinski definition) is 0. The maximum absolute atomic E-state index is 4.03. The van der Waals surface area contributed by atoms with Crippen molar-refractivity contribution in [3.8, 4) is 0 Å². The first-order valence-electron chi connectivity index (χ1n) is 1.99. The van der Waals surface area contributed by atoms with E-state index in [1.54, 1.807) is 0 Å². The molecule has 0 N–H and O–H groups in total. The summed E-state index contributed by atoms with van der Waals surface area (Å²) in [5.74, 6) is 0. The zero-order valence-corrected chi connectivity index (χ0v) is 7.18. The number of aromatic nitrogens is 1. The van der Waals surface area contributed by atoms with Gasteiger partial charge in [0.1, 0.15) is 0 Å². The van der Waals surface area contributed by atoms with Gasteiger partial charge in [0.15, 0.2) is 0 Å². The molecule has 1 aromatic heterocycles. The Morgan fingerprint density at radius 3 is 2.57 bits per heavy atom. The SMILES string of the molecule is [Bi][c]1ccccn1. The summed E-state index contributed by atoms with van der Waals surface area (Å²) in [6.07, 6.45) is 1.81. The van der Waals surface area contributed by atoms with Crippen molar-refractivity contribution in [3.05, 3.63) is 24.4 Å². The summed E-state index contributed by atoms with van der Waals surface area (Å²) in [6.45, 7) is 0. The molecule has 1 heterocycles. The number of nitrogens with zero attached hydrogens (tertiary/aromatic N) is 1. The van der Waals surface area contributed by atoms with E-state index in [4.69, 9.17) is 0 Å². The van der Waals surface area contributed by atoms with Crippen LogP contribution in [0.25, 0.3) is 0 Å². The molecule has 2 heteroatoms. The molecule has 0 aliphatic heterocycles. The quantitative estimate of drug-likeness (QED) is 0.606. The van der Waals surface area contributed by atoms with Gasteiger partial charge in [-0.1, -0.05) is 0 Å². The normalized spacial score (nSPS) is 8.71. The third-order valence-electron chi connectivity index (χ3n) is 0.649. The van der Waals surface area contributed by atoms with Gasteiger partial charge in [-0.2, -0.15) is 0 Å². The second-order valence-electron chi connectivity index (χ2n) is 1.19. The van der Waals surface area contributed by atoms with Crippen LogP contribution in [0.1, 0.15) is 0 Å². The summed E-state index contributed by atoms with van der Waals surface area (Å²) >= 11 is 1.24. The van der Waals surface area contributed by atoms with Crippen LogP contribution >= 0.6 is 0 Å². The molecule has 0 unspecified atom stereocenters. The van der Waals surface area contributed by atoms with Gasteiger partial charge in [-0.3, -0.25) is 0 Å². The second-order valence-corrected chi connectivity index (χ2v) is 2.97. The van der Waals surface area contributed by atoms with Crippen molar-refractivity contribution in [2.24, 2.45) is 0 Å². The van der Waals surface area contributed by atoms with Gasteiger partial charge < -0.3 is 0 Å². The van der Waals surface area contributed by atoms with Crippen LogP contribution in [-0.4, -0.2) is 29.7 Å². The van der Waals surface area contributed by atoms with Crippen LogP contribution in [0, 0.1) is 0 Å². The van der Waals surface area contributed by atoms with E-state index < -0.39 is 0 Å². The monoisotopic (exact) mass is 287 g/mol. The van der Waals surface area contributed by atoms with E-state index in [0.717, 1.165) is 0 Å². The molecule has 1 nitrogen and oxygen atoms in total. The fraction of sp³-hybridized carbons (Fsp3) is 0. The molecule has 0 saturated heterocycles. The molecule has 2 radical (unpaired) electrons. The fourth-order valence-corrected chi connectivity index (χ4v) is 0.947. The summed E-state index contributed by atoms with van der Waals surface area (Å²) in [5, 5.41) is 0. The van der Waals surface area contributed by atoms with Crippen molar-refractivity contribution < 1.29 is 0 Å².